The van der Waals surface area contributed by atoms with Crippen LogP contribution in [0.25, 0.3) is 0 Å². The van der Waals surface area contributed by atoms with E-state index in [1.165, 1.54) is 0 Å². The van der Waals surface area contributed by atoms with E-state index >= 15 is 0 Å². The van der Waals surface area contributed by atoms with E-state index in [0.717, 1.165) is 0 Å². The highest BCUT2D eigenvalue weighted by atomic mass is 16.5. The molecule has 0 radical (unpaired) electrons. The van der Waals surface area contributed by atoms with Crippen LogP contribution in [0.4, 0.5) is 0 Å². The van der Waals surface area contributed by atoms with Gasteiger partial charge in [-0.1, -0.05) is 6.08 Å². The highest BCUT2D eigenvalue weighted by molar-refractivity contribution is 5.77. The molecule has 92 valence electrons. The van der Waals surface area contributed by atoms with Crippen LogP contribution in [0.1, 0.15) is 5.56 Å². The maximum atomic E-state index is 9.62. The van der Waals surface area contributed by atoms with Crippen molar-refractivity contribution >= 4 is 5.96 Å². The van der Waals surface area contributed by atoms with Crippen molar-refractivity contribution in [3.63, 3.8) is 0 Å². The minimum absolute atomic E-state index is 0.172. The van der Waals surface area contributed by atoms with E-state index in [4.69, 9.17) is 10.5 Å². The van der Waals surface area contributed by atoms with E-state index in [0.29, 0.717) is 30.4 Å². The summed E-state index contributed by atoms with van der Waals surface area (Å²) >= 11 is 0. The number of guanidine groups is 1. The average molecular weight is 235 g/mol. The molecule has 0 aliphatic carbocycles. The Balaban J connectivity index is 2.70. The van der Waals surface area contributed by atoms with Crippen molar-refractivity contribution < 1.29 is 9.84 Å². The minimum atomic E-state index is 0.172. The van der Waals surface area contributed by atoms with Gasteiger partial charge in [0.15, 0.2) is 5.96 Å². The Hall–Kier alpha value is -2.17. The zero-order chi connectivity index (χ0) is 12.7. The van der Waals surface area contributed by atoms with Gasteiger partial charge in [-0.25, -0.2) is 4.99 Å². The topological polar surface area (TPSA) is 79.9 Å². The zero-order valence-corrected chi connectivity index (χ0v) is 9.81. The minimum Gasteiger partial charge on any atom is -0.508 e. The normalized spacial score (nSPS) is 11.0. The quantitative estimate of drug-likeness (QED) is 0.404. The highest BCUT2D eigenvalue weighted by Crippen LogP contribution is 2.23. The van der Waals surface area contributed by atoms with Crippen molar-refractivity contribution in [2.75, 3.05) is 13.7 Å². The third kappa shape index (κ3) is 4.06. The van der Waals surface area contributed by atoms with Crippen LogP contribution >= 0.6 is 0 Å². The molecule has 1 aromatic carbocycles. The van der Waals surface area contributed by atoms with Crippen LogP contribution < -0.4 is 15.8 Å². The lowest BCUT2D eigenvalue weighted by Gasteiger charge is -2.06. The predicted molar refractivity (Wildman–Crippen MR) is 68.2 cm³/mol. The SMILES string of the molecule is C=CCNC(N)=NCc1cc(OC)ccc1O. The molecule has 0 fully saturated rings. The summed E-state index contributed by atoms with van der Waals surface area (Å²) in [5, 5.41) is 12.5. The van der Waals surface area contributed by atoms with E-state index in [1.807, 2.05) is 0 Å². The van der Waals surface area contributed by atoms with Crippen LogP contribution in [0, 0.1) is 0 Å². The van der Waals surface area contributed by atoms with Crippen molar-refractivity contribution in [1.29, 1.82) is 0 Å². The van der Waals surface area contributed by atoms with Gasteiger partial charge >= 0.3 is 0 Å². The molecule has 0 aliphatic heterocycles. The first-order chi connectivity index (χ1) is 8.17. The molecule has 0 saturated heterocycles. The molecule has 0 aliphatic rings. The lowest BCUT2D eigenvalue weighted by molar-refractivity contribution is 0.411. The van der Waals surface area contributed by atoms with Gasteiger partial charge in [0.05, 0.1) is 13.7 Å². The smallest absolute Gasteiger partial charge is 0.189 e. The fourth-order valence-corrected chi connectivity index (χ4v) is 1.22. The van der Waals surface area contributed by atoms with Gasteiger partial charge < -0.3 is 20.9 Å². The van der Waals surface area contributed by atoms with Crippen molar-refractivity contribution in [2.45, 2.75) is 6.54 Å². The van der Waals surface area contributed by atoms with Crippen molar-refractivity contribution in [1.82, 2.24) is 5.32 Å². The summed E-state index contributed by atoms with van der Waals surface area (Å²) in [4.78, 5) is 4.09. The number of phenolic OH excluding ortho intramolecular Hbond substituents is 1. The summed E-state index contributed by atoms with van der Waals surface area (Å²) in [6, 6.07) is 4.97. The summed E-state index contributed by atoms with van der Waals surface area (Å²) in [6.07, 6.45) is 1.69. The van der Waals surface area contributed by atoms with Crippen LogP contribution in [0.2, 0.25) is 0 Å². The van der Waals surface area contributed by atoms with Crippen LogP contribution in [0.3, 0.4) is 0 Å². The van der Waals surface area contributed by atoms with Crippen LogP contribution in [0.15, 0.2) is 35.8 Å². The summed E-state index contributed by atoms with van der Waals surface area (Å²) < 4.78 is 5.06. The Morgan fingerprint density at radius 3 is 3.06 bits per heavy atom. The standard InChI is InChI=1S/C12H17N3O2/c1-3-6-14-12(13)15-8-9-7-10(17-2)4-5-11(9)16/h3-5,7,16H,1,6,8H2,2H3,(H3,13,14,15). The molecule has 0 atom stereocenters. The number of hydrogen-bond donors (Lipinski definition) is 3. The van der Waals surface area contributed by atoms with E-state index in [-0.39, 0.29) is 5.75 Å². The third-order valence-electron chi connectivity index (χ3n) is 2.13. The molecule has 5 heteroatoms. The molecular weight excluding hydrogens is 218 g/mol. The molecule has 0 amide bonds. The summed E-state index contributed by atoms with van der Waals surface area (Å²) in [6.45, 7) is 4.40. The van der Waals surface area contributed by atoms with Crippen LogP contribution in [-0.2, 0) is 6.54 Å². The second-order valence-corrected chi connectivity index (χ2v) is 3.37. The number of benzene rings is 1. The number of ether oxygens (including phenoxy) is 1. The summed E-state index contributed by atoms with van der Waals surface area (Å²) in [7, 11) is 1.57. The lowest BCUT2D eigenvalue weighted by Crippen LogP contribution is -2.31. The van der Waals surface area contributed by atoms with Gasteiger partial charge in [0.2, 0.25) is 0 Å². The zero-order valence-electron chi connectivity index (χ0n) is 9.81. The van der Waals surface area contributed by atoms with Gasteiger partial charge in [0.25, 0.3) is 0 Å². The number of nitrogens with zero attached hydrogens (tertiary/aromatic N) is 1. The average Bonchev–Trinajstić information content (AvgIpc) is 2.35. The molecule has 0 heterocycles. The second-order valence-electron chi connectivity index (χ2n) is 3.37. The monoisotopic (exact) mass is 235 g/mol. The molecule has 0 bridgehead atoms. The fraction of sp³-hybridized carbons (Fsp3) is 0.250. The number of aromatic hydroxyl groups is 1. The van der Waals surface area contributed by atoms with Gasteiger partial charge in [-0.2, -0.15) is 0 Å². The molecule has 17 heavy (non-hydrogen) atoms. The molecule has 0 unspecified atom stereocenters. The number of methoxy groups -OCH3 is 1. The Kier molecular flexibility index (Phi) is 4.87. The first-order valence-corrected chi connectivity index (χ1v) is 5.18. The summed E-state index contributed by atoms with van der Waals surface area (Å²) in [5.74, 6) is 1.16. The first kappa shape index (κ1) is 12.9. The number of nitrogens with two attached hydrogens (primary N) is 1. The molecule has 4 N–H and O–H groups in total. The van der Waals surface area contributed by atoms with Gasteiger partial charge in [0, 0.05) is 12.1 Å². The summed E-state index contributed by atoms with van der Waals surface area (Å²) in [5.41, 5.74) is 6.27. The lowest BCUT2D eigenvalue weighted by atomic mass is 10.2. The maximum Gasteiger partial charge on any atom is 0.189 e. The van der Waals surface area contributed by atoms with Crippen molar-refractivity contribution in [3.05, 3.63) is 36.4 Å². The number of nitrogens with one attached hydrogen (secondary N) is 1. The number of rotatable bonds is 5. The molecule has 0 spiro atoms. The number of aliphatic imine (C=N–C) groups is 1. The Bertz CT molecular complexity index is 416. The first-order valence-electron chi connectivity index (χ1n) is 5.18. The predicted octanol–water partition coefficient (Wildman–Crippen LogP) is 0.991. The second kappa shape index (κ2) is 6.42. The molecule has 1 aromatic rings. The van der Waals surface area contributed by atoms with Crippen molar-refractivity contribution in [3.8, 4) is 11.5 Å². The molecule has 0 aromatic heterocycles. The molecular formula is C12H17N3O2. The Morgan fingerprint density at radius 1 is 1.65 bits per heavy atom. The largest absolute Gasteiger partial charge is 0.508 e. The number of hydrogen-bond acceptors (Lipinski definition) is 3. The van der Waals surface area contributed by atoms with Gasteiger partial charge in [-0.05, 0) is 18.2 Å². The van der Waals surface area contributed by atoms with Crippen LogP contribution in [-0.4, -0.2) is 24.7 Å². The number of phenols is 1. The van der Waals surface area contributed by atoms with Crippen molar-refractivity contribution in [2.24, 2.45) is 10.7 Å². The van der Waals surface area contributed by atoms with E-state index < -0.39 is 0 Å². The molecule has 0 saturated carbocycles. The molecule has 5 nitrogen and oxygen atoms in total. The highest BCUT2D eigenvalue weighted by Gasteiger charge is 2.02. The third-order valence-corrected chi connectivity index (χ3v) is 2.13. The molecule has 1 rings (SSSR count). The van der Waals surface area contributed by atoms with Gasteiger partial charge in [-0.15, -0.1) is 6.58 Å². The van der Waals surface area contributed by atoms with Gasteiger partial charge in [0.1, 0.15) is 11.5 Å². The maximum absolute atomic E-state index is 9.62. The van der Waals surface area contributed by atoms with Gasteiger partial charge in [-0.3, -0.25) is 0 Å². The van der Waals surface area contributed by atoms with Crippen LogP contribution in [0.5, 0.6) is 11.5 Å². The Labute approximate surface area is 101 Å². The van der Waals surface area contributed by atoms with E-state index in [9.17, 15) is 5.11 Å². The van der Waals surface area contributed by atoms with E-state index in [1.54, 1.807) is 31.4 Å². The van der Waals surface area contributed by atoms with E-state index in [2.05, 4.69) is 16.9 Å². The Morgan fingerprint density at radius 2 is 2.41 bits per heavy atom. The fourth-order valence-electron chi connectivity index (χ4n) is 1.22.